The van der Waals surface area contributed by atoms with Gasteiger partial charge in [0.15, 0.2) is 0 Å². The topological polar surface area (TPSA) is 36.2 Å². The van der Waals surface area contributed by atoms with Crippen LogP contribution in [0.2, 0.25) is 0 Å². The van der Waals surface area contributed by atoms with Gasteiger partial charge in [0, 0.05) is 379 Å². The number of nitrogens with one attached hydrogen (secondary N) is 1. The Balaban J connectivity index is -0.00000000292. The predicted molar refractivity (Wildman–Crippen MR) is 55.7 cm³/mol. The molecule has 37 heavy (non-hydrogen) atoms. The van der Waals surface area contributed by atoms with Crippen LogP contribution in [0.15, 0.2) is 3.60 Å². The average molecular weight is 4760 g/mol. The minimum absolute atomic E-state index is 0. The summed E-state index contributed by atoms with van der Waals surface area (Å²) in [6.45, 7) is 12.9. The molecule has 222 valence electrons. The Bertz CT molecular complexity index is 204. The van der Waals surface area contributed by atoms with Crippen molar-refractivity contribution < 1.29 is 502 Å². The first-order chi connectivity index (χ1) is 8.54. The van der Waals surface area contributed by atoms with Gasteiger partial charge in [0.1, 0.15) is 0 Å². The summed E-state index contributed by atoms with van der Waals surface area (Å²) < 4.78 is 9.21. The average Bonchev–Trinajstić information content (AvgIpc) is 2.34. The van der Waals surface area contributed by atoms with Crippen LogP contribution in [0.25, 0.3) is 5.84 Å². The molecule has 0 amide bonds. The second-order valence-electron chi connectivity index (χ2n) is 4.80. The molecule has 0 aromatic rings. The third kappa shape index (κ3) is 263. The van der Waals surface area contributed by atoms with Crippen LogP contribution in [0.1, 0.15) is 41.5 Å². The van der Waals surface area contributed by atoms with Gasteiger partial charge in [0.25, 0.3) is 0 Å². The van der Waals surface area contributed by atoms with Crippen molar-refractivity contribution in [3.8, 4) is 0 Å². The molecule has 0 saturated carbocycles. The van der Waals surface area contributed by atoms with E-state index in [1.807, 2.05) is 0 Å². The molecule has 0 fully saturated rings. The van der Waals surface area contributed by atoms with Crippen molar-refractivity contribution >= 4 is 8.80 Å². The minimum atomic E-state index is 0. The molecule has 0 atom stereocenters. The summed E-state index contributed by atoms with van der Waals surface area (Å²) in [5.41, 5.74) is 0.657. The van der Waals surface area contributed by atoms with E-state index in [0.29, 0.717) is 10.8 Å². The zero-order valence-electron chi connectivity index (χ0n) is 19.2. The molecule has 27 heteroatoms. The summed E-state index contributed by atoms with van der Waals surface area (Å²) in [5, 5.41) is 0. The van der Waals surface area contributed by atoms with E-state index < -0.39 is 0 Å². The van der Waals surface area contributed by atoms with E-state index in [9.17, 15) is 0 Å². The van der Waals surface area contributed by atoms with Crippen LogP contribution in [-0.2, 0) is 502 Å². The molecule has 0 unspecified atom stereocenters. The molecule has 0 aliphatic carbocycles. The number of rotatable bonds is 0. The predicted octanol–water partition coefficient (Wildman–Crippen LogP) is 3.15. The van der Waals surface area contributed by atoms with Gasteiger partial charge >= 0.3 is 194 Å². The molecule has 0 aromatic carbocycles. The molecule has 0 spiro atoms. The Morgan fingerprint density at radius 2 is 0.432 bits per heavy atom. The van der Waals surface area contributed by atoms with Gasteiger partial charge in [-0.15, -0.1) is 0 Å². The second kappa shape index (κ2) is 140. The van der Waals surface area contributed by atoms with Crippen LogP contribution in [0, 0.1) is 10.8 Å². The van der Waals surface area contributed by atoms with Crippen molar-refractivity contribution in [2.24, 2.45) is 14.4 Å². The summed E-state index contributed by atoms with van der Waals surface area (Å²) in [6.07, 6.45) is 0. The molecule has 0 saturated heterocycles. The Hall–Kier alpha value is 16.7. The van der Waals surface area contributed by atoms with Crippen LogP contribution in [0.4, 0.5) is 0 Å². The number of nitrogens with zero attached hydrogens (tertiary/aromatic N) is 1. The van der Waals surface area contributed by atoms with E-state index in [1.165, 1.54) is 38.7 Å². The van der Waals surface area contributed by atoms with Gasteiger partial charge in [0.2, 0.25) is 0 Å². The van der Waals surface area contributed by atoms with Crippen molar-refractivity contribution in [1.82, 2.24) is 0 Å². The third-order valence-corrected chi connectivity index (χ3v) is 5.01. The maximum atomic E-state index is 5.87. The van der Waals surface area contributed by atoms with E-state index >= 15 is 0 Å². The molecule has 1 N–H and O–H groups in total. The van der Waals surface area contributed by atoms with Crippen molar-refractivity contribution in [2.75, 3.05) is 0 Å². The summed E-state index contributed by atoms with van der Waals surface area (Å²) in [4.78, 5) is 0. The fourth-order valence-corrected chi connectivity index (χ4v) is 0. The van der Waals surface area contributed by atoms with Gasteiger partial charge in [-0.05, 0) is 0 Å². The summed E-state index contributed by atoms with van der Waals surface area (Å²) >= 11 is 10.5. The van der Waals surface area contributed by atoms with Crippen LogP contribution < -0.4 is 0 Å². The van der Waals surface area contributed by atoms with E-state index in [4.69, 9.17) is 5.84 Å². The summed E-state index contributed by atoms with van der Waals surface area (Å²) in [5.74, 6) is 5.87. The monoisotopic (exact) mass is 4770 g/mol. The first-order valence-electron chi connectivity index (χ1n) is 4.65. The van der Waals surface area contributed by atoms with Crippen molar-refractivity contribution in [3.05, 3.63) is 5.84 Å². The van der Waals surface area contributed by atoms with Gasteiger partial charge in [-0.1, -0.05) is 0 Å². The van der Waals surface area contributed by atoms with Crippen LogP contribution >= 0.6 is 0 Å². The first-order valence-corrected chi connectivity index (χ1v) is 30.9. The summed E-state index contributed by atoms with van der Waals surface area (Å²) in [7, 11) is 0. The van der Waals surface area contributed by atoms with Crippen LogP contribution in [0.5, 0.6) is 0 Å². The molecule has 0 aromatic heterocycles. The summed E-state index contributed by atoms with van der Waals surface area (Å²) in [6, 6.07) is 0. The van der Waals surface area contributed by atoms with E-state index in [-0.39, 0.29) is 379 Å². The van der Waals surface area contributed by atoms with Gasteiger partial charge < -0.3 is 0 Å². The molecule has 0 aliphatic rings. The Kier molecular flexibility index (Phi) is 599. The molecule has 2 nitrogen and oxygen atoms in total. The van der Waals surface area contributed by atoms with Crippen molar-refractivity contribution in [3.63, 3.8) is 0 Å². The number of hydrogen-bond acceptors (Lipinski definition) is 1. The first kappa shape index (κ1) is 158. The van der Waals surface area contributed by atoms with Crippen molar-refractivity contribution in [1.29, 1.82) is 0 Å². The van der Waals surface area contributed by atoms with Gasteiger partial charge in [-0.3, -0.25) is 0 Å². The molecule has 0 radical (unpaired) electrons. The zero-order chi connectivity index (χ0) is 17.1. The molecule has 0 heterocycles. The van der Waals surface area contributed by atoms with E-state index in [1.54, 1.807) is 64.9 Å². The molecule has 0 bridgehead atoms. The van der Waals surface area contributed by atoms with Gasteiger partial charge in [-0.2, -0.15) is 0 Å². The fraction of sp³-hybridized carbons (Fsp3) is 0.800. The Morgan fingerprint density at radius 3 is 0.432 bits per heavy atom. The maximum absolute atomic E-state index is 5.87. The van der Waals surface area contributed by atoms with Crippen molar-refractivity contribution in [2.45, 2.75) is 41.5 Å². The molecule has 0 aliphatic heterocycles. The van der Waals surface area contributed by atoms with Gasteiger partial charge in [-0.25, -0.2) is 0 Å². The zero-order valence-corrected chi connectivity index (χ0v) is 92.5. The molecular formula is C10H19N2W25-3. The standard InChI is InChI=1S/2C5H9.HN2.25W/c2*1-5(2,3)4;1-2;;;;;;;;;;;;;;;;;;;;;;;;;/h2*1-3H3;1H;;;;;;;;;;;;;;;;;;;;;;;;;/q3*-1;;;;;;;;;;;;;;;;;;;;;;;;;. The van der Waals surface area contributed by atoms with Crippen LogP contribution in [-0.4, -0.2) is 8.80 Å². The van der Waals surface area contributed by atoms with E-state index in [2.05, 4.69) is 53.9 Å². The molecule has 0 rings (SSSR count). The number of hydrogen-bond donors (Lipinski definition) is 0. The fourth-order valence-electron chi connectivity index (χ4n) is 0. The SMILES string of the molecule is CC(C)(C)[C-]=[W].CC(C)(C)[C-]=[W].[NH-][N]=[W].[W].[W].[W].[W].[W].[W].[W].[W].[W].[W].[W].[W].[W].[W].[W].[W].[W].[W].[W]=[W].[W]=[W]. The quantitative estimate of drug-likeness (QED) is 0.265. The second-order valence-corrected chi connectivity index (χ2v) is 6.92. The third-order valence-electron chi connectivity index (χ3n) is 0.612. The molecular weight excluding hydrogens is 4740 g/mol. The normalized spacial score (nSPS) is 4.19. The Morgan fingerprint density at radius 1 is 0.405 bits per heavy atom. The Labute approximate surface area is 557 Å². The van der Waals surface area contributed by atoms with E-state index in [0.717, 1.165) is 19.6 Å². The van der Waals surface area contributed by atoms with Gasteiger partial charge in [0.05, 0.1) is 0 Å². The van der Waals surface area contributed by atoms with Crippen LogP contribution in [0.3, 0.4) is 0 Å².